The summed E-state index contributed by atoms with van der Waals surface area (Å²) in [6.07, 6.45) is 7.49. The molecule has 0 atom stereocenters. The number of rotatable bonds is 7. The van der Waals surface area contributed by atoms with Crippen molar-refractivity contribution in [2.75, 3.05) is 6.26 Å². The third-order valence-electron chi connectivity index (χ3n) is 5.10. The Morgan fingerprint density at radius 2 is 1.97 bits per heavy atom. The molecule has 1 amide bonds. The number of pyridine rings is 1. The number of hydrogen-bond acceptors (Lipinski definition) is 7. The summed E-state index contributed by atoms with van der Waals surface area (Å²) in [6.45, 7) is 2.16. The van der Waals surface area contributed by atoms with E-state index in [1.807, 2.05) is 19.2 Å². The van der Waals surface area contributed by atoms with Crippen molar-refractivity contribution in [2.45, 2.75) is 31.5 Å². The van der Waals surface area contributed by atoms with Gasteiger partial charge in [-0.3, -0.25) is 19.1 Å². The molecule has 168 valence electrons. The van der Waals surface area contributed by atoms with E-state index in [0.717, 1.165) is 11.3 Å². The zero-order chi connectivity index (χ0) is 23.5. The van der Waals surface area contributed by atoms with Gasteiger partial charge in [0.2, 0.25) is 5.91 Å². The van der Waals surface area contributed by atoms with Gasteiger partial charge in [0.15, 0.2) is 5.16 Å². The van der Waals surface area contributed by atoms with Crippen LogP contribution in [0.5, 0.6) is 0 Å². The van der Waals surface area contributed by atoms with Crippen LogP contribution in [0.4, 0.5) is 0 Å². The van der Waals surface area contributed by atoms with E-state index in [0.29, 0.717) is 51.0 Å². The molecular weight excluding hydrogens is 460 g/mol. The lowest BCUT2D eigenvalue weighted by Crippen LogP contribution is -2.24. The average Bonchev–Trinajstić information content (AvgIpc) is 2.80. The molecule has 4 rings (SSSR count). The summed E-state index contributed by atoms with van der Waals surface area (Å²) in [6, 6.07) is 7.18. The molecule has 8 nitrogen and oxygen atoms in total. The lowest BCUT2D eigenvalue weighted by molar-refractivity contribution is -0.118. The number of nitrogens with zero attached hydrogens (tertiary/aromatic N) is 5. The number of nitrogens with two attached hydrogens (primary N) is 1. The Hall–Kier alpha value is -3.30. The first kappa shape index (κ1) is 22.9. The number of primary amides is 1. The van der Waals surface area contributed by atoms with Gasteiger partial charge in [0, 0.05) is 52.5 Å². The molecule has 3 heterocycles. The van der Waals surface area contributed by atoms with Crippen LogP contribution < -0.4 is 11.3 Å². The number of aromatic nitrogens is 5. The number of thioether (sulfide) groups is 1. The molecule has 0 bridgehead atoms. The summed E-state index contributed by atoms with van der Waals surface area (Å²) in [5.74, 6) is -0.416. The molecule has 0 saturated heterocycles. The molecule has 0 spiro atoms. The van der Waals surface area contributed by atoms with E-state index in [1.165, 1.54) is 11.8 Å². The number of carbonyl (C=O) groups excluding carboxylic acids is 1. The Kier molecular flexibility index (Phi) is 6.71. The van der Waals surface area contributed by atoms with Crippen molar-refractivity contribution in [3.63, 3.8) is 0 Å². The Labute approximate surface area is 199 Å². The molecule has 0 aliphatic heterocycles. The first-order chi connectivity index (χ1) is 15.9. The highest BCUT2D eigenvalue weighted by Gasteiger charge is 2.16. The van der Waals surface area contributed by atoms with Crippen LogP contribution >= 0.6 is 23.4 Å². The quantitative estimate of drug-likeness (QED) is 0.315. The Morgan fingerprint density at radius 1 is 1.15 bits per heavy atom. The predicted octanol–water partition coefficient (Wildman–Crippen LogP) is 3.86. The maximum absolute atomic E-state index is 13.5. The fraction of sp³-hybridized carbons (Fsp3) is 0.217. The van der Waals surface area contributed by atoms with E-state index in [2.05, 4.69) is 19.9 Å². The summed E-state index contributed by atoms with van der Waals surface area (Å²) in [4.78, 5) is 42.2. The topological polar surface area (TPSA) is 117 Å². The molecule has 2 N–H and O–H groups in total. The summed E-state index contributed by atoms with van der Waals surface area (Å²) < 4.78 is 1.56. The molecule has 3 aromatic heterocycles. The van der Waals surface area contributed by atoms with Crippen LogP contribution in [-0.4, -0.2) is 36.7 Å². The van der Waals surface area contributed by atoms with Gasteiger partial charge in [0.05, 0.1) is 17.6 Å². The van der Waals surface area contributed by atoms with Gasteiger partial charge in [0.1, 0.15) is 5.65 Å². The van der Waals surface area contributed by atoms with Gasteiger partial charge in [0.25, 0.3) is 5.56 Å². The van der Waals surface area contributed by atoms with Crippen LogP contribution in [-0.2, 0) is 11.3 Å². The minimum Gasteiger partial charge on any atom is -0.370 e. The van der Waals surface area contributed by atoms with Crippen LogP contribution in [0.1, 0.15) is 18.5 Å². The normalized spacial score (nSPS) is 11.1. The van der Waals surface area contributed by atoms with Crippen molar-refractivity contribution >= 4 is 40.3 Å². The number of benzene rings is 1. The second-order valence-corrected chi connectivity index (χ2v) is 8.64. The number of halogens is 1. The number of carbonyl (C=O) groups is 1. The SMILES string of the molecule is CSc1ncc2cc(-c3ccc(-c4cncc(C)n4)cc3Cl)c(=O)n(CCCC(N)=O)c2n1. The lowest BCUT2D eigenvalue weighted by atomic mass is 10.0. The smallest absolute Gasteiger partial charge is 0.260 e. The first-order valence-electron chi connectivity index (χ1n) is 10.2. The maximum atomic E-state index is 13.5. The van der Waals surface area contributed by atoms with Crippen molar-refractivity contribution < 1.29 is 4.79 Å². The van der Waals surface area contributed by atoms with Gasteiger partial charge in [-0.05, 0) is 31.7 Å². The molecule has 0 radical (unpaired) electrons. The van der Waals surface area contributed by atoms with E-state index in [4.69, 9.17) is 17.3 Å². The molecule has 1 aromatic carbocycles. The molecule has 10 heteroatoms. The average molecular weight is 481 g/mol. The summed E-state index contributed by atoms with van der Waals surface area (Å²) >= 11 is 8.02. The van der Waals surface area contributed by atoms with Crippen molar-refractivity contribution in [1.82, 2.24) is 24.5 Å². The van der Waals surface area contributed by atoms with E-state index in [1.54, 1.807) is 41.4 Å². The Bertz CT molecular complexity index is 1420. The third kappa shape index (κ3) is 4.89. The predicted molar refractivity (Wildman–Crippen MR) is 130 cm³/mol. The van der Waals surface area contributed by atoms with Gasteiger partial charge >= 0.3 is 0 Å². The summed E-state index contributed by atoms with van der Waals surface area (Å²) in [7, 11) is 0. The second-order valence-electron chi connectivity index (χ2n) is 7.46. The molecule has 4 aromatic rings. The van der Waals surface area contributed by atoms with E-state index < -0.39 is 5.91 Å². The Morgan fingerprint density at radius 3 is 2.67 bits per heavy atom. The monoisotopic (exact) mass is 480 g/mol. The molecule has 0 fully saturated rings. The zero-order valence-corrected chi connectivity index (χ0v) is 19.7. The minimum atomic E-state index is -0.416. The van der Waals surface area contributed by atoms with E-state index in [-0.39, 0.29) is 12.0 Å². The van der Waals surface area contributed by atoms with Crippen LogP contribution in [0.25, 0.3) is 33.4 Å². The molecule has 33 heavy (non-hydrogen) atoms. The summed E-state index contributed by atoms with van der Waals surface area (Å²) in [5.41, 5.74) is 8.85. The van der Waals surface area contributed by atoms with Crippen LogP contribution in [0, 0.1) is 6.92 Å². The van der Waals surface area contributed by atoms with E-state index >= 15 is 0 Å². The molecule has 0 saturated carbocycles. The molecule has 0 aliphatic carbocycles. The van der Waals surface area contributed by atoms with Crippen LogP contribution in [0.15, 0.2) is 52.8 Å². The van der Waals surface area contributed by atoms with Crippen molar-refractivity contribution in [2.24, 2.45) is 5.73 Å². The molecule has 0 unspecified atom stereocenters. The number of amides is 1. The third-order valence-corrected chi connectivity index (χ3v) is 5.98. The largest absolute Gasteiger partial charge is 0.370 e. The molecular formula is C23H21ClN6O2S. The summed E-state index contributed by atoms with van der Waals surface area (Å²) in [5, 5.41) is 1.67. The Balaban J connectivity index is 1.84. The number of hydrogen-bond donors (Lipinski definition) is 1. The minimum absolute atomic E-state index is 0.172. The number of fused-ring (bicyclic) bond motifs is 1. The molecule has 0 aliphatic rings. The van der Waals surface area contributed by atoms with Crippen molar-refractivity contribution in [3.05, 3.63) is 63.9 Å². The fourth-order valence-corrected chi connectivity index (χ4v) is 4.17. The van der Waals surface area contributed by atoms with Gasteiger partial charge in [-0.1, -0.05) is 35.5 Å². The van der Waals surface area contributed by atoms with Gasteiger partial charge < -0.3 is 5.73 Å². The van der Waals surface area contributed by atoms with E-state index in [9.17, 15) is 9.59 Å². The van der Waals surface area contributed by atoms with Crippen LogP contribution in [0.3, 0.4) is 0 Å². The van der Waals surface area contributed by atoms with Gasteiger partial charge in [-0.25, -0.2) is 15.0 Å². The van der Waals surface area contributed by atoms with Gasteiger partial charge in [-0.15, -0.1) is 0 Å². The lowest BCUT2D eigenvalue weighted by Gasteiger charge is -2.14. The van der Waals surface area contributed by atoms with Crippen molar-refractivity contribution in [3.8, 4) is 22.4 Å². The number of aryl methyl sites for hydroxylation is 2. The van der Waals surface area contributed by atoms with Gasteiger partial charge in [-0.2, -0.15) is 0 Å². The van der Waals surface area contributed by atoms with Crippen LogP contribution in [0.2, 0.25) is 5.02 Å². The highest BCUT2D eigenvalue weighted by molar-refractivity contribution is 7.98. The highest BCUT2D eigenvalue weighted by atomic mass is 35.5. The zero-order valence-electron chi connectivity index (χ0n) is 18.1. The highest BCUT2D eigenvalue weighted by Crippen LogP contribution is 2.31. The first-order valence-corrected chi connectivity index (χ1v) is 11.8. The second kappa shape index (κ2) is 9.68. The van der Waals surface area contributed by atoms with Crippen molar-refractivity contribution in [1.29, 1.82) is 0 Å². The fourth-order valence-electron chi connectivity index (χ4n) is 3.55. The standard InChI is InChI=1S/C23H21ClN6O2S/c1-13-10-26-12-19(28-13)14-5-6-16(18(24)9-14)17-8-15-11-27-23(33-2)29-21(15)30(22(17)32)7-3-4-20(25)31/h5-6,8-12H,3-4,7H2,1-2H3,(H2,25,31). The maximum Gasteiger partial charge on any atom is 0.260 e.